The standard InChI is InChI=1S/C8H4ClF3O2/c9-8(11,12)4-1-6-7(2-5(4)10)14-3-13-6/h1-2H,3H2. The van der Waals surface area contributed by atoms with Gasteiger partial charge in [-0.05, 0) is 17.7 Å². The molecule has 0 saturated carbocycles. The summed E-state index contributed by atoms with van der Waals surface area (Å²) < 4.78 is 47.9. The van der Waals surface area contributed by atoms with Crippen molar-refractivity contribution in [2.24, 2.45) is 0 Å². The molecule has 6 heteroatoms. The molecule has 0 radical (unpaired) electrons. The van der Waals surface area contributed by atoms with E-state index in [0.29, 0.717) is 0 Å². The first-order valence-corrected chi connectivity index (χ1v) is 4.02. The number of alkyl halides is 3. The first kappa shape index (κ1) is 9.45. The molecule has 0 amide bonds. The molecule has 76 valence electrons. The van der Waals surface area contributed by atoms with Gasteiger partial charge in [-0.15, -0.1) is 0 Å². The van der Waals surface area contributed by atoms with E-state index in [1.54, 1.807) is 0 Å². The van der Waals surface area contributed by atoms with Gasteiger partial charge >= 0.3 is 5.38 Å². The highest BCUT2D eigenvalue weighted by Gasteiger charge is 2.34. The normalized spacial score (nSPS) is 14.6. The Labute approximate surface area is 82.2 Å². The summed E-state index contributed by atoms with van der Waals surface area (Å²) in [4.78, 5) is 0. The van der Waals surface area contributed by atoms with Crippen molar-refractivity contribution in [2.45, 2.75) is 5.38 Å². The van der Waals surface area contributed by atoms with E-state index in [9.17, 15) is 13.2 Å². The van der Waals surface area contributed by atoms with E-state index in [2.05, 4.69) is 0 Å². The fraction of sp³-hybridized carbons (Fsp3) is 0.250. The summed E-state index contributed by atoms with van der Waals surface area (Å²) in [5, 5.41) is -3.74. The number of ether oxygens (including phenoxy) is 2. The van der Waals surface area contributed by atoms with Crippen molar-refractivity contribution in [1.82, 2.24) is 0 Å². The maximum Gasteiger partial charge on any atom is 0.351 e. The molecule has 1 aliphatic heterocycles. The van der Waals surface area contributed by atoms with Crippen LogP contribution in [-0.4, -0.2) is 6.79 Å². The van der Waals surface area contributed by atoms with E-state index in [1.165, 1.54) is 0 Å². The number of fused-ring (bicyclic) bond motifs is 1. The molecule has 0 aromatic heterocycles. The lowest BCUT2D eigenvalue weighted by molar-refractivity contribution is 0.0903. The van der Waals surface area contributed by atoms with Crippen molar-refractivity contribution < 1.29 is 22.6 Å². The SMILES string of the molecule is Fc1cc2c(cc1C(F)(F)Cl)OCO2. The third-order valence-corrected chi connectivity index (χ3v) is 1.97. The van der Waals surface area contributed by atoms with Gasteiger partial charge in [0.15, 0.2) is 11.5 Å². The highest BCUT2D eigenvalue weighted by Crippen LogP contribution is 2.41. The Bertz CT molecular complexity index is 376. The van der Waals surface area contributed by atoms with E-state index in [0.717, 1.165) is 12.1 Å². The Morgan fingerprint density at radius 1 is 1.21 bits per heavy atom. The van der Waals surface area contributed by atoms with Crippen LogP contribution in [0.1, 0.15) is 5.56 Å². The van der Waals surface area contributed by atoms with Crippen LogP contribution >= 0.6 is 11.6 Å². The molecular weight excluding hydrogens is 221 g/mol. The van der Waals surface area contributed by atoms with Gasteiger partial charge in [-0.3, -0.25) is 0 Å². The molecule has 0 saturated heterocycles. The molecule has 0 aliphatic carbocycles. The fourth-order valence-electron chi connectivity index (χ4n) is 1.13. The summed E-state index contributed by atoms with van der Waals surface area (Å²) in [6, 6.07) is 1.67. The highest BCUT2D eigenvalue weighted by atomic mass is 35.5. The average Bonchev–Trinajstić information content (AvgIpc) is 2.47. The fourth-order valence-corrected chi connectivity index (χ4v) is 1.28. The van der Waals surface area contributed by atoms with Gasteiger partial charge in [0.25, 0.3) is 0 Å². The van der Waals surface area contributed by atoms with Gasteiger partial charge in [0.1, 0.15) is 5.82 Å². The first-order valence-electron chi connectivity index (χ1n) is 3.65. The quantitative estimate of drug-likeness (QED) is 0.683. The first-order chi connectivity index (χ1) is 6.48. The second-order valence-corrected chi connectivity index (χ2v) is 3.16. The summed E-state index contributed by atoms with van der Waals surface area (Å²) in [5.74, 6) is -0.942. The molecule has 1 aromatic rings. The Hall–Kier alpha value is -1.10. The Morgan fingerprint density at radius 2 is 1.79 bits per heavy atom. The minimum absolute atomic E-state index is 0.0710. The minimum atomic E-state index is -3.74. The lowest BCUT2D eigenvalue weighted by atomic mass is 10.2. The smallest absolute Gasteiger partial charge is 0.351 e. The molecule has 1 heterocycles. The van der Waals surface area contributed by atoms with E-state index < -0.39 is 16.8 Å². The molecular formula is C8H4ClF3O2. The molecule has 0 atom stereocenters. The molecule has 0 spiro atoms. The van der Waals surface area contributed by atoms with Crippen molar-refractivity contribution in [3.63, 3.8) is 0 Å². The summed E-state index contributed by atoms with van der Waals surface area (Å²) in [6.07, 6.45) is 0. The minimum Gasteiger partial charge on any atom is -0.454 e. The van der Waals surface area contributed by atoms with Gasteiger partial charge in [0.2, 0.25) is 6.79 Å². The molecule has 14 heavy (non-hydrogen) atoms. The molecule has 2 nitrogen and oxygen atoms in total. The zero-order chi connectivity index (χ0) is 10.3. The molecule has 0 fully saturated rings. The van der Waals surface area contributed by atoms with Crippen LogP contribution in [0.25, 0.3) is 0 Å². The Morgan fingerprint density at radius 3 is 2.36 bits per heavy atom. The van der Waals surface area contributed by atoms with Gasteiger partial charge in [-0.25, -0.2) is 4.39 Å². The van der Waals surface area contributed by atoms with Gasteiger partial charge in [-0.1, -0.05) is 0 Å². The van der Waals surface area contributed by atoms with Crippen molar-refractivity contribution in [1.29, 1.82) is 0 Å². The maximum absolute atomic E-state index is 13.0. The van der Waals surface area contributed by atoms with Gasteiger partial charge in [0.05, 0.1) is 5.56 Å². The largest absolute Gasteiger partial charge is 0.454 e. The van der Waals surface area contributed by atoms with Crippen LogP contribution in [0.4, 0.5) is 13.2 Å². The summed E-state index contributed by atoms with van der Waals surface area (Å²) >= 11 is 4.70. The lowest BCUT2D eigenvalue weighted by Crippen LogP contribution is -2.06. The monoisotopic (exact) mass is 224 g/mol. The van der Waals surface area contributed by atoms with Gasteiger partial charge in [-0.2, -0.15) is 8.78 Å². The maximum atomic E-state index is 13.0. The van der Waals surface area contributed by atoms with Gasteiger partial charge < -0.3 is 9.47 Å². The second kappa shape index (κ2) is 2.95. The lowest BCUT2D eigenvalue weighted by Gasteiger charge is -2.09. The summed E-state index contributed by atoms with van der Waals surface area (Å²) in [7, 11) is 0. The number of halogens is 4. The van der Waals surface area contributed by atoms with Crippen LogP contribution in [-0.2, 0) is 5.38 Å². The van der Waals surface area contributed by atoms with E-state index in [1.807, 2.05) is 0 Å². The number of rotatable bonds is 1. The molecule has 0 N–H and O–H groups in total. The zero-order valence-electron chi connectivity index (χ0n) is 6.69. The molecule has 1 aliphatic rings. The molecule has 0 unspecified atom stereocenters. The van der Waals surface area contributed by atoms with Crippen molar-refractivity contribution in [3.05, 3.63) is 23.5 Å². The predicted molar refractivity (Wildman–Crippen MR) is 42.3 cm³/mol. The topological polar surface area (TPSA) is 18.5 Å². The van der Waals surface area contributed by atoms with Crippen molar-refractivity contribution in [3.8, 4) is 11.5 Å². The second-order valence-electron chi connectivity index (χ2n) is 2.68. The highest BCUT2D eigenvalue weighted by molar-refractivity contribution is 6.21. The van der Waals surface area contributed by atoms with Crippen molar-refractivity contribution in [2.75, 3.05) is 6.79 Å². The van der Waals surface area contributed by atoms with Gasteiger partial charge in [0, 0.05) is 6.07 Å². The number of hydrogen-bond acceptors (Lipinski definition) is 2. The Balaban J connectivity index is 2.53. The van der Waals surface area contributed by atoms with Crippen LogP contribution in [0.15, 0.2) is 12.1 Å². The average molecular weight is 225 g/mol. The summed E-state index contributed by atoms with van der Waals surface area (Å²) in [5.41, 5.74) is -0.914. The van der Waals surface area contributed by atoms with E-state index in [-0.39, 0.29) is 18.3 Å². The number of hydrogen-bond donors (Lipinski definition) is 0. The van der Waals surface area contributed by atoms with Crippen LogP contribution in [0.3, 0.4) is 0 Å². The van der Waals surface area contributed by atoms with Crippen LogP contribution in [0, 0.1) is 5.82 Å². The predicted octanol–water partition coefficient (Wildman–Crippen LogP) is 2.84. The molecule has 2 rings (SSSR count). The van der Waals surface area contributed by atoms with Crippen LogP contribution in [0.2, 0.25) is 0 Å². The molecule has 0 bridgehead atoms. The summed E-state index contributed by atoms with van der Waals surface area (Å²) in [6.45, 7) is -0.105. The van der Waals surface area contributed by atoms with Crippen LogP contribution in [0.5, 0.6) is 11.5 Å². The van der Waals surface area contributed by atoms with E-state index >= 15 is 0 Å². The van der Waals surface area contributed by atoms with Crippen LogP contribution < -0.4 is 9.47 Å². The third-order valence-electron chi connectivity index (χ3n) is 1.77. The Kier molecular flexibility index (Phi) is 1.99. The number of benzene rings is 1. The van der Waals surface area contributed by atoms with E-state index in [4.69, 9.17) is 21.1 Å². The third kappa shape index (κ3) is 1.48. The molecule has 1 aromatic carbocycles. The zero-order valence-corrected chi connectivity index (χ0v) is 7.45. The van der Waals surface area contributed by atoms with Crippen molar-refractivity contribution >= 4 is 11.6 Å².